The van der Waals surface area contributed by atoms with E-state index in [0.717, 1.165) is 41.4 Å². The lowest BCUT2D eigenvalue weighted by Crippen LogP contribution is -2.46. The van der Waals surface area contributed by atoms with Crippen LogP contribution in [0.15, 0.2) is 23.2 Å². The zero-order valence-electron chi connectivity index (χ0n) is 14.2. The van der Waals surface area contributed by atoms with E-state index in [1.165, 1.54) is 0 Å². The van der Waals surface area contributed by atoms with Crippen molar-refractivity contribution >= 4 is 28.7 Å². The lowest BCUT2D eigenvalue weighted by Gasteiger charge is -2.32. The summed E-state index contributed by atoms with van der Waals surface area (Å²) >= 11 is 1.58. The Morgan fingerprint density at radius 2 is 2.00 bits per heavy atom. The quantitative estimate of drug-likeness (QED) is 0.895. The van der Waals surface area contributed by atoms with Crippen LogP contribution in [-0.2, 0) is 4.79 Å². The van der Waals surface area contributed by atoms with Gasteiger partial charge in [-0.15, -0.1) is 0 Å². The number of likely N-dealkylation sites (tertiary alicyclic amines) is 1. The maximum atomic E-state index is 12.8. The van der Waals surface area contributed by atoms with Gasteiger partial charge in [-0.25, -0.2) is 0 Å². The molecule has 0 radical (unpaired) electrons. The number of hydrogen-bond donors (Lipinski definition) is 1. The van der Waals surface area contributed by atoms with E-state index < -0.39 is 0 Å². The fourth-order valence-corrected chi connectivity index (χ4v) is 4.01. The molecule has 2 heterocycles. The van der Waals surface area contributed by atoms with Gasteiger partial charge < -0.3 is 10.2 Å². The summed E-state index contributed by atoms with van der Waals surface area (Å²) in [5.41, 5.74) is 2.88. The molecule has 1 aromatic carbocycles. The number of nitrogens with zero attached hydrogens (tertiary/aromatic N) is 2. The number of carbonyl (C=O) groups excluding carboxylic acids is 2. The summed E-state index contributed by atoms with van der Waals surface area (Å²) in [7, 11) is 0. The zero-order chi connectivity index (χ0) is 17.1. The van der Waals surface area contributed by atoms with Gasteiger partial charge in [0.05, 0.1) is 12.5 Å². The summed E-state index contributed by atoms with van der Waals surface area (Å²) in [5.74, 6) is 0.780. The fourth-order valence-electron chi connectivity index (χ4n) is 3.27. The Morgan fingerprint density at radius 3 is 2.67 bits per heavy atom. The first kappa shape index (κ1) is 17.0. The number of rotatable bonds is 2. The molecule has 1 aromatic rings. The monoisotopic (exact) mass is 345 g/mol. The number of aryl methyl sites for hydroxylation is 2. The summed E-state index contributed by atoms with van der Waals surface area (Å²) < 4.78 is 0. The van der Waals surface area contributed by atoms with E-state index in [4.69, 9.17) is 0 Å². The van der Waals surface area contributed by atoms with Crippen LogP contribution < -0.4 is 5.32 Å². The zero-order valence-corrected chi connectivity index (χ0v) is 15.0. The highest BCUT2D eigenvalue weighted by Gasteiger charge is 2.29. The van der Waals surface area contributed by atoms with E-state index in [2.05, 4.69) is 16.4 Å². The molecule has 2 amide bonds. The van der Waals surface area contributed by atoms with Crippen molar-refractivity contribution in [3.05, 3.63) is 34.9 Å². The number of thioether (sulfide) groups is 1. The van der Waals surface area contributed by atoms with Gasteiger partial charge in [-0.2, -0.15) is 0 Å². The Balaban J connectivity index is 1.66. The molecule has 1 atom stereocenters. The molecule has 2 aliphatic rings. The first-order chi connectivity index (χ1) is 11.5. The Bertz CT molecular complexity index is 667. The molecular weight excluding hydrogens is 322 g/mol. The smallest absolute Gasteiger partial charge is 0.253 e. The lowest BCUT2D eigenvalue weighted by molar-refractivity contribution is -0.124. The van der Waals surface area contributed by atoms with Gasteiger partial charge in [0.1, 0.15) is 0 Å². The molecule has 0 bridgehead atoms. The number of piperidine rings is 1. The summed E-state index contributed by atoms with van der Waals surface area (Å²) in [6.07, 6.45) is 1.68. The highest BCUT2D eigenvalue weighted by molar-refractivity contribution is 8.14. The number of amides is 2. The van der Waals surface area contributed by atoms with Crippen molar-refractivity contribution in [1.82, 2.24) is 10.2 Å². The number of aliphatic imine (C=N–C) groups is 1. The predicted octanol–water partition coefficient (Wildman–Crippen LogP) is 2.37. The van der Waals surface area contributed by atoms with Crippen LogP contribution in [0.1, 0.15) is 34.3 Å². The third-order valence-corrected chi connectivity index (χ3v) is 5.25. The molecule has 0 aromatic heterocycles. The molecule has 3 rings (SSSR count). The molecule has 2 aliphatic heterocycles. The van der Waals surface area contributed by atoms with E-state index in [0.29, 0.717) is 18.7 Å². The van der Waals surface area contributed by atoms with E-state index >= 15 is 0 Å². The Hall–Kier alpha value is -1.82. The van der Waals surface area contributed by atoms with Crippen LogP contribution in [-0.4, -0.2) is 47.3 Å². The van der Waals surface area contributed by atoms with Crippen LogP contribution in [0, 0.1) is 19.8 Å². The van der Waals surface area contributed by atoms with Gasteiger partial charge in [-0.1, -0.05) is 29.0 Å². The van der Waals surface area contributed by atoms with Gasteiger partial charge in [-0.05, 0) is 38.8 Å². The molecule has 24 heavy (non-hydrogen) atoms. The van der Waals surface area contributed by atoms with Gasteiger partial charge >= 0.3 is 0 Å². The van der Waals surface area contributed by atoms with Crippen molar-refractivity contribution in [2.24, 2.45) is 10.9 Å². The topological polar surface area (TPSA) is 61.8 Å². The van der Waals surface area contributed by atoms with Gasteiger partial charge in [-0.3, -0.25) is 14.6 Å². The number of benzene rings is 1. The van der Waals surface area contributed by atoms with Crippen molar-refractivity contribution in [3.8, 4) is 0 Å². The van der Waals surface area contributed by atoms with Crippen LogP contribution in [0.25, 0.3) is 0 Å². The van der Waals surface area contributed by atoms with Crippen LogP contribution in [0.4, 0.5) is 0 Å². The van der Waals surface area contributed by atoms with Crippen molar-refractivity contribution in [1.29, 1.82) is 0 Å². The average molecular weight is 345 g/mol. The first-order valence-corrected chi connectivity index (χ1v) is 9.37. The molecule has 0 saturated carbocycles. The van der Waals surface area contributed by atoms with Crippen molar-refractivity contribution < 1.29 is 9.59 Å². The summed E-state index contributed by atoms with van der Waals surface area (Å²) in [5, 5.41) is 3.62. The van der Waals surface area contributed by atoms with Crippen LogP contribution in [0.3, 0.4) is 0 Å². The standard InChI is InChI=1S/C18H23N3O2S/c1-12-8-13(2)10-15(9-12)17(23)21-6-3-4-14(11-21)16(22)20-18-19-5-7-24-18/h8-10,14H,3-7,11H2,1-2H3,(H,19,20,22)/t14-/m1/s1. The summed E-state index contributed by atoms with van der Waals surface area (Å²) in [6, 6.07) is 5.90. The average Bonchev–Trinajstić information content (AvgIpc) is 3.06. The fraction of sp³-hybridized carbons (Fsp3) is 0.500. The Kier molecular flexibility index (Phi) is 5.23. The van der Waals surface area contributed by atoms with Crippen LogP contribution in [0.5, 0.6) is 0 Å². The summed E-state index contributed by atoms with van der Waals surface area (Å²) in [6.45, 7) is 5.95. The third-order valence-electron chi connectivity index (χ3n) is 4.36. The maximum Gasteiger partial charge on any atom is 0.253 e. The second kappa shape index (κ2) is 7.38. The van der Waals surface area contributed by atoms with E-state index in [9.17, 15) is 9.59 Å². The molecule has 1 N–H and O–H groups in total. The van der Waals surface area contributed by atoms with E-state index in [1.807, 2.05) is 30.9 Å². The molecule has 1 saturated heterocycles. The normalized spacial score (nSPS) is 20.7. The lowest BCUT2D eigenvalue weighted by atomic mass is 9.96. The number of amidine groups is 1. The van der Waals surface area contributed by atoms with Gasteiger partial charge in [0.15, 0.2) is 5.17 Å². The Morgan fingerprint density at radius 1 is 1.25 bits per heavy atom. The third kappa shape index (κ3) is 3.98. The molecule has 6 heteroatoms. The minimum atomic E-state index is -0.155. The highest BCUT2D eigenvalue weighted by atomic mass is 32.2. The van der Waals surface area contributed by atoms with Gasteiger partial charge in [0.2, 0.25) is 5.91 Å². The maximum absolute atomic E-state index is 12.8. The molecular formula is C18H23N3O2S. The number of carbonyl (C=O) groups is 2. The Labute approximate surface area is 146 Å². The molecule has 1 fully saturated rings. The van der Waals surface area contributed by atoms with Crippen LogP contribution in [0.2, 0.25) is 0 Å². The molecule has 0 aliphatic carbocycles. The SMILES string of the molecule is Cc1cc(C)cc(C(=O)N2CCC[C@@H](C(=O)NC3=NCCS3)C2)c1. The molecule has 128 valence electrons. The second-order valence-electron chi connectivity index (χ2n) is 6.49. The second-order valence-corrected chi connectivity index (χ2v) is 7.57. The molecule has 0 spiro atoms. The first-order valence-electron chi connectivity index (χ1n) is 8.38. The van der Waals surface area contributed by atoms with Crippen molar-refractivity contribution in [3.63, 3.8) is 0 Å². The van der Waals surface area contributed by atoms with E-state index in [1.54, 1.807) is 11.8 Å². The highest BCUT2D eigenvalue weighted by Crippen LogP contribution is 2.21. The summed E-state index contributed by atoms with van der Waals surface area (Å²) in [4.78, 5) is 31.3. The van der Waals surface area contributed by atoms with Gasteiger partial charge in [0.25, 0.3) is 5.91 Å². The number of nitrogens with one attached hydrogen (secondary N) is 1. The number of hydrogen-bond acceptors (Lipinski definition) is 4. The molecule has 5 nitrogen and oxygen atoms in total. The van der Waals surface area contributed by atoms with Crippen molar-refractivity contribution in [2.45, 2.75) is 26.7 Å². The van der Waals surface area contributed by atoms with Crippen LogP contribution >= 0.6 is 11.8 Å². The largest absolute Gasteiger partial charge is 0.338 e. The van der Waals surface area contributed by atoms with E-state index in [-0.39, 0.29) is 17.7 Å². The van der Waals surface area contributed by atoms with Crippen molar-refractivity contribution in [2.75, 3.05) is 25.4 Å². The minimum Gasteiger partial charge on any atom is -0.338 e. The predicted molar refractivity (Wildman–Crippen MR) is 97.4 cm³/mol. The minimum absolute atomic E-state index is 0.0129. The van der Waals surface area contributed by atoms with Gasteiger partial charge in [0, 0.05) is 24.4 Å². The molecule has 0 unspecified atom stereocenters.